The van der Waals surface area contributed by atoms with Crippen molar-refractivity contribution in [2.45, 2.75) is 31.3 Å². The number of primary amides is 1. The minimum absolute atomic E-state index is 0. The Balaban J connectivity index is 0.00000364. The lowest BCUT2D eigenvalue weighted by Gasteiger charge is -2.18. The normalized spacial score (nSPS) is 12.2. The summed E-state index contributed by atoms with van der Waals surface area (Å²) in [5, 5.41) is 3.61. The van der Waals surface area contributed by atoms with E-state index in [-0.39, 0.29) is 37.2 Å². The summed E-state index contributed by atoms with van der Waals surface area (Å²) in [6.45, 7) is 0.387. The maximum absolute atomic E-state index is 12.2. The number of carbonyl (C=O) groups is 2. The fourth-order valence-electron chi connectivity index (χ4n) is 2.67. The van der Waals surface area contributed by atoms with Crippen molar-refractivity contribution in [3.8, 4) is 0 Å². The highest BCUT2D eigenvalue weighted by atomic mass is 35.5. The van der Waals surface area contributed by atoms with Gasteiger partial charge < -0.3 is 33.2 Å². The third-order valence-electron chi connectivity index (χ3n) is 4.06. The van der Waals surface area contributed by atoms with Gasteiger partial charge in [0.25, 0.3) is 0 Å². The molecule has 0 aliphatic heterocycles. The largest absolute Gasteiger partial charge is 0.370 e. The number of H-pyrrole nitrogens is 1. The number of guanidine groups is 1. The number of carbonyl (C=O) groups excluding carboxylic acids is 2. The van der Waals surface area contributed by atoms with Gasteiger partial charge in [-0.05, 0) is 24.5 Å². The molecule has 2 amide bonds. The van der Waals surface area contributed by atoms with Gasteiger partial charge in [0.15, 0.2) is 5.96 Å². The molecule has 0 saturated carbocycles. The number of fused-ring (bicyclic) bond motifs is 1. The summed E-state index contributed by atoms with van der Waals surface area (Å²) >= 11 is 0. The molecule has 0 fully saturated rings. The zero-order valence-corrected chi connectivity index (χ0v) is 16.9. The first-order valence-electron chi connectivity index (χ1n) is 8.34. The van der Waals surface area contributed by atoms with Crippen LogP contribution in [0.3, 0.4) is 0 Å². The van der Waals surface area contributed by atoms with Crippen LogP contribution in [0.4, 0.5) is 0 Å². The van der Waals surface area contributed by atoms with E-state index in [1.165, 1.54) is 0 Å². The molecule has 0 saturated heterocycles. The number of benzene rings is 1. The lowest BCUT2D eigenvalue weighted by molar-refractivity contribution is -0.128. The van der Waals surface area contributed by atoms with Crippen molar-refractivity contribution >= 4 is 53.5 Å². The smallest absolute Gasteiger partial charge is 0.240 e. The molecule has 9 nitrogen and oxygen atoms in total. The lowest BCUT2D eigenvalue weighted by atomic mass is 10.0. The van der Waals surface area contributed by atoms with Crippen LogP contribution in [0.1, 0.15) is 18.4 Å². The summed E-state index contributed by atoms with van der Waals surface area (Å²) in [5.41, 5.74) is 23.6. The first kappa shape index (κ1) is 25.5. The van der Waals surface area contributed by atoms with Crippen LogP contribution in [0.5, 0.6) is 0 Å². The molecular weight excluding hydrogens is 405 g/mol. The molecule has 0 radical (unpaired) electrons. The van der Waals surface area contributed by atoms with E-state index >= 15 is 0 Å². The van der Waals surface area contributed by atoms with E-state index in [0.29, 0.717) is 19.4 Å². The first-order chi connectivity index (χ1) is 12.4. The maximum atomic E-state index is 12.2. The molecule has 11 heteroatoms. The molecule has 1 aromatic carbocycles. The predicted molar refractivity (Wildman–Crippen MR) is 116 cm³/mol. The molecule has 10 N–H and O–H groups in total. The third kappa shape index (κ3) is 7.26. The molecule has 2 aromatic rings. The molecule has 28 heavy (non-hydrogen) atoms. The number of nitrogens with zero attached hydrogens (tertiary/aromatic N) is 1. The van der Waals surface area contributed by atoms with Gasteiger partial charge in [-0.15, -0.1) is 24.8 Å². The van der Waals surface area contributed by atoms with Crippen molar-refractivity contribution in [1.29, 1.82) is 0 Å². The summed E-state index contributed by atoms with van der Waals surface area (Å²) in [7, 11) is 0. The fourth-order valence-corrected chi connectivity index (χ4v) is 2.67. The SMILES string of the molecule is Cl.Cl.NC(=O)[C@H](Cc1c[nH]c2ccccc12)NC(=O)[C@@H](N)CCCN=C(N)N. The molecule has 1 heterocycles. The average molecular weight is 432 g/mol. The second kappa shape index (κ2) is 12.1. The maximum Gasteiger partial charge on any atom is 0.240 e. The van der Waals surface area contributed by atoms with Crippen LogP contribution in [-0.2, 0) is 16.0 Å². The summed E-state index contributed by atoms with van der Waals surface area (Å²) in [6.07, 6.45) is 3.03. The average Bonchev–Trinajstić information content (AvgIpc) is 3.00. The van der Waals surface area contributed by atoms with Gasteiger partial charge in [-0.3, -0.25) is 14.6 Å². The van der Waals surface area contributed by atoms with E-state index in [2.05, 4.69) is 15.3 Å². The zero-order chi connectivity index (χ0) is 19.1. The Morgan fingerprint density at radius 2 is 1.82 bits per heavy atom. The lowest BCUT2D eigenvalue weighted by Crippen LogP contribution is -2.51. The van der Waals surface area contributed by atoms with Crippen molar-refractivity contribution in [3.63, 3.8) is 0 Å². The van der Waals surface area contributed by atoms with Crippen LogP contribution in [-0.4, -0.2) is 41.4 Å². The minimum Gasteiger partial charge on any atom is -0.370 e. The van der Waals surface area contributed by atoms with Gasteiger partial charge >= 0.3 is 0 Å². The number of rotatable bonds is 9. The molecular formula is C17H27Cl2N7O2. The Morgan fingerprint density at radius 3 is 2.46 bits per heavy atom. The fraction of sp³-hybridized carbons (Fsp3) is 0.353. The Bertz CT molecular complexity index is 806. The highest BCUT2D eigenvalue weighted by Crippen LogP contribution is 2.19. The molecule has 156 valence electrons. The number of nitrogens with two attached hydrogens (primary N) is 4. The number of aromatic nitrogens is 1. The topological polar surface area (TPSA) is 178 Å². The third-order valence-corrected chi connectivity index (χ3v) is 4.06. The highest BCUT2D eigenvalue weighted by molar-refractivity contribution is 5.90. The van der Waals surface area contributed by atoms with Gasteiger partial charge in [-0.25, -0.2) is 0 Å². The van der Waals surface area contributed by atoms with Crippen molar-refractivity contribution in [1.82, 2.24) is 10.3 Å². The molecule has 0 aliphatic carbocycles. The van der Waals surface area contributed by atoms with Crippen LogP contribution in [0.15, 0.2) is 35.5 Å². The number of amides is 2. The predicted octanol–water partition coefficient (Wildman–Crippen LogP) is -0.0950. The second-order valence-electron chi connectivity index (χ2n) is 6.08. The highest BCUT2D eigenvalue weighted by Gasteiger charge is 2.23. The molecule has 2 rings (SSSR count). The van der Waals surface area contributed by atoms with E-state index in [1.807, 2.05) is 30.5 Å². The quantitative estimate of drug-likeness (QED) is 0.184. The van der Waals surface area contributed by atoms with Crippen LogP contribution < -0.4 is 28.3 Å². The Kier molecular flexibility index (Phi) is 11.0. The number of nitrogens with one attached hydrogen (secondary N) is 2. The van der Waals surface area contributed by atoms with Crippen molar-refractivity contribution in [2.75, 3.05) is 6.54 Å². The number of aromatic amines is 1. The zero-order valence-electron chi connectivity index (χ0n) is 15.3. The number of halogens is 2. The molecule has 0 bridgehead atoms. The molecule has 1 aromatic heterocycles. The van der Waals surface area contributed by atoms with Crippen molar-refractivity contribution < 1.29 is 9.59 Å². The van der Waals surface area contributed by atoms with Crippen molar-refractivity contribution in [2.24, 2.45) is 27.9 Å². The Hall–Kier alpha value is -2.49. The molecule has 2 atom stereocenters. The van der Waals surface area contributed by atoms with Gasteiger partial charge in [-0.2, -0.15) is 0 Å². The van der Waals surface area contributed by atoms with Crippen LogP contribution in [0.25, 0.3) is 10.9 Å². The van der Waals surface area contributed by atoms with Gasteiger partial charge in [0.2, 0.25) is 11.8 Å². The molecule has 0 aliphatic rings. The van der Waals surface area contributed by atoms with Crippen molar-refractivity contribution in [3.05, 3.63) is 36.0 Å². The standard InChI is InChI=1S/C17H25N7O2.2ClH/c18-12(5-3-7-22-17(20)21)16(26)24-14(15(19)25)8-10-9-23-13-6-2-1-4-11(10)13;;/h1-2,4,6,9,12,14,23H,3,5,7-8,18H2,(H2,19,25)(H,24,26)(H4,20,21,22);2*1H/t12-,14-;;/m0../s1. The Morgan fingerprint density at radius 1 is 1.14 bits per heavy atom. The van der Waals surface area contributed by atoms with E-state index in [1.54, 1.807) is 0 Å². The van der Waals surface area contributed by atoms with E-state index in [0.717, 1.165) is 16.5 Å². The van der Waals surface area contributed by atoms with Crippen LogP contribution >= 0.6 is 24.8 Å². The first-order valence-corrected chi connectivity index (χ1v) is 8.34. The van der Waals surface area contributed by atoms with E-state index < -0.39 is 23.9 Å². The number of hydrogen-bond acceptors (Lipinski definition) is 4. The monoisotopic (exact) mass is 431 g/mol. The summed E-state index contributed by atoms with van der Waals surface area (Å²) < 4.78 is 0. The molecule has 0 spiro atoms. The van der Waals surface area contributed by atoms with Crippen LogP contribution in [0, 0.1) is 0 Å². The van der Waals surface area contributed by atoms with E-state index in [9.17, 15) is 9.59 Å². The van der Waals surface area contributed by atoms with Gasteiger partial charge in [0, 0.05) is 30.1 Å². The molecule has 0 unspecified atom stereocenters. The number of hydrogen-bond donors (Lipinski definition) is 6. The number of para-hydroxylation sites is 1. The number of aliphatic imine (C=N–C) groups is 1. The second-order valence-corrected chi connectivity index (χ2v) is 6.08. The van der Waals surface area contributed by atoms with E-state index in [4.69, 9.17) is 22.9 Å². The Labute approximate surface area is 175 Å². The minimum atomic E-state index is -0.842. The van der Waals surface area contributed by atoms with Crippen LogP contribution in [0.2, 0.25) is 0 Å². The van der Waals surface area contributed by atoms with Gasteiger partial charge in [0.05, 0.1) is 6.04 Å². The van der Waals surface area contributed by atoms with Gasteiger partial charge in [0.1, 0.15) is 6.04 Å². The summed E-state index contributed by atoms with van der Waals surface area (Å²) in [5.74, 6) is -1.05. The summed E-state index contributed by atoms with van der Waals surface area (Å²) in [6, 6.07) is 6.08. The van der Waals surface area contributed by atoms with Gasteiger partial charge in [-0.1, -0.05) is 18.2 Å². The summed E-state index contributed by atoms with van der Waals surface area (Å²) in [4.78, 5) is 31.0.